The van der Waals surface area contributed by atoms with Crippen LogP contribution in [0.2, 0.25) is 0 Å². The minimum atomic E-state index is -2.82. The van der Waals surface area contributed by atoms with Crippen molar-refractivity contribution in [3.8, 4) is 5.75 Å². The molecule has 1 unspecified atom stereocenters. The zero-order valence-corrected chi connectivity index (χ0v) is 13.5. The fourth-order valence-electron chi connectivity index (χ4n) is 3.19. The largest absolute Gasteiger partial charge is 0.478 e. The van der Waals surface area contributed by atoms with Gasteiger partial charge in [0.2, 0.25) is 0 Å². The number of benzene rings is 2. The van der Waals surface area contributed by atoms with E-state index in [9.17, 15) is 13.6 Å². The molecule has 0 heterocycles. The quantitative estimate of drug-likeness (QED) is 0.824. The van der Waals surface area contributed by atoms with Crippen molar-refractivity contribution < 1.29 is 23.4 Å². The number of carboxylic acids is 1. The molecule has 25 heavy (non-hydrogen) atoms. The van der Waals surface area contributed by atoms with Gasteiger partial charge in [-0.1, -0.05) is 18.2 Å². The summed E-state index contributed by atoms with van der Waals surface area (Å²) in [4.78, 5) is 10.9. The highest BCUT2D eigenvalue weighted by molar-refractivity contribution is 5.87. The van der Waals surface area contributed by atoms with Crippen molar-refractivity contribution in [1.29, 1.82) is 0 Å². The Morgan fingerprint density at radius 1 is 1.24 bits per heavy atom. The summed E-state index contributed by atoms with van der Waals surface area (Å²) in [5, 5.41) is 12.4. The molecule has 0 aliphatic heterocycles. The summed E-state index contributed by atoms with van der Waals surface area (Å²) in [6.07, 6.45) is 2.79. The average Bonchev–Trinajstić information content (AvgIpc) is 2.59. The fraction of sp³-hybridized carbons (Fsp3) is 0.316. The van der Waals surface area contributed by atoms with Crippen LogP contribution in [-0.2, 0) is 13.0 Å². The van der Waals surface area contributed by atoms with Crippen molar-refractivity contribution in [1.82, 2.24) is 5.32 Å². The molecule has 0 amide bonds. The van der Waals surface area contributed by atoms with E-state index in [2.05, 4.69) is 10.1 Å². The summed E-state index contributed by atoms with van der Waals surface area (Å²) in [5.74, 6) is -0.749. The van der Waals surface area contributed by atoms with Crippen LogP contribution in [0.15, 0.2) is 42.5 Å². The molecule has 2 aromatic rings. The highest BCUT2D eigenvalue weighted by atomic mass is 19.3. The molecule has 0 saturated heterocycles. The number of rotatable bonds is 6. The van der Waals surface area contributed by atoms with Crippen LogP contribution < -0.4 is 10.1 Å². The lowest BCUT2D eigenvalue weighted by atomic mass is 9.87. The number of aromatic carboxylic acids is 1. The molecular formula is C19H19F2NO3. The number of aryl methyl sites for hydroxylation is 1. The molecule has 0 bridgehead atoms. The lowest BCUT2D eigenvalue weighted by Crippen LogP contribution is -2.25. The highest BCUT2D eigenvalue weighted by Gasteiger charge is 2.20. The van der Waals surface area contributed by atoms with Crippen molar-refractivity contribution in [3.63, 3.8) is 0 Å². The van der Waals surface area contributed by atoms with Crippen molar-refractivity contribution in [2.75, 3.05) is 0 Å². The maximum atomic E-state index is 12.3. The number of nitrogens with one attached hydrogen (secondary N) is 1. The van der Waals surface area contributed by atoms with Gasteiger partial charge >= 0.3 is 12.6 Å². The number of hydrogen-bond donors (Lipinski definition) is 2. The zero-order chi connectivity index (χ0) is 17.8. The standard InChI is InChI=1S/C19H19F2NO3/c20-19(21)25-15-8-9-16-14(10-15)2-1-3-17(16)22-11-12-4-6-13(7-5-12)18(23)24/h4-10,17,19,22H,1-3,11H2,(H,23,24). The van der Waals surface area contributed by atoms with Gasteiger partial charge in [0, 0.05) is 12.6 Å². The van der Waals surface area contributed by atoms with E-state index in [-0.39, 0.29) is 17.4 Å². The van der Waals surface area contributed by atoms with Crippen molar-refractivity contribution in [2.45, 2.75) is 38.5 Å². The van der Waals surface area contributed by atoms with Crippen LogP contribution in [0.3, 0.4) is 0 Å². The molecule has 132 valence electrons. The Balaban J connectivity index is 1.67. The van der Waals surface area contributed by atoms with Crippen LogP contribution >= 0.6 is 0 Å². The van der Waals surface area contributed by atoms with E-state index in [1.807, 2.05) is 6.07 Å². The summed E-state index contributed by atoms with van der Waals surface area (Å²) in [5.41, 5.74) is 3.39. The number of alkyl halides is 2. The molecule has 1 atom stereocenters. The number of ether oxygens (including phenoxy) is 1. The van der Waals surface area contributed by atoms with E-state index in [0.29, 0.717) is 6.54 Å². The van der Waals surface area contributed by atoms with Gasteiger partial charge in [-0.25, -0.2) is 4.79 Å². The van der Waals surface area contributed by atoms with Crippen LogP contribution in [0.5, 0.6) is 5.75 Å². The lowest BCUT2D eigenvalue weighted by molar-refractivity contribution is -0.0499. The molecule has 1 aliphatic carbocycles. The van der Waals surface area contributed by atoms with Gasteiger partial charge in [-0.15, -0.1) is 0 Å². The fourth-order valence-corrected chi connectivity index (χ4v) is 3.19. The molecule has 0 radical (unpaired) electrons. The van der Waals surface area contributed by atoms with Crippen LogP contribution in [-0.4, -0.2) is 17.7 Å². The van der Waals surface area contributed by atoms with E-state index >= 15 is 0 Å². The Morgan fingerprint density at radius 3 is 2.68 bits per heavy atom. The predicted molar refractivity (Wildman–Crippen MR) is 89.0 cm³/mol. The molecule has 0 aromatic heterocycles. The molecule has 1 aliphatic rings. The first-order chi connectivity index (χ1) is 12.0. The Hall–Kier alpha value is -2.47. The van der Waals surface area contributed by atoms with Crippen molar-refractivity contribution >= 4 is 5.97 Å². The van der Waals surface area contributed by atoms with Gasteiger partial charge in [0.05, 0.1) is 5.56 Å². The third-order valence-electron chi connectivity index (χ3n) is 4.41. The molecule has 0 spiro atoms. The first-order valence-electron chi connectivity index (χ1n) is 8.16. The summed E-state index contributed by atoms with van der Waals surface area (Å²) >= 11 is 0. The molecule has 0 fully saturated rings. The Labute approximate surface area is 144 Å². The number of carboxylic acid groups (broad SMARTS) is 1. The third-order valence-corrected chi connectivity index (χ3v) is 4.41. The Kier molecular flexibility index (Phi) is 5.28. The van der Waals surface area contributed by atoms with Gasteiger partial charge in [0.1, 0.15) is 5.75 Å². The van der Waals surface area contributed by atoms with Gasteiger partial charge in [0.25, 0.3) is 0 Å². The van der Waals surface area contributed by atoms with Gasteiger partial charge in [-0.3, -0.25) is 0 Å². The molecule has 2 N–H and O–H groups in total. The van der Waals surface area contributed by atoms with E-state index in [0.717, 1.165) is 36.0 Å². The molecular weight excluding hydrogens is 328 g/mol. The topological polar surface area (TPSA) is 58.6 Å². The Morgan fingerprint density at radius 2 is 2.00 bits per heavy atom. The predicted octanol–water partition coefficient (Wildman–Crippen LogP) is 4.15. The minimum Gasteiger partial charge on any atom is -0.478 e. The second kappa shape index (κ2) is 7.61. The van der Waals surface area contributed by atoms with Crippen LogP contribution in [0.1, 0.15) is 45.9 Å². The van der Waals surface area contributed by atoms with Gasteiger partial charge < -0.3 is 15.2 Å². The number of fused-ring (bicyclic) bond motifs is 1. The van der Waals surface area contributed by atoms with Crippen LogP contribution in [0.4, 0.5) is 8.78 Å². The van der Waals surface area contributed by atoms with Crippen molar-refractivity contribution in [3.05, 3.63) is 64.7 Å². The normalized spacial score (nSPS) is 16.5. The van der Waals surface area contributed by atoms with Crippen LogP contribution in [0, 0.1) is 0 Å². The van der Waals surface area contributed by atoms with Gasteiger partial charge in [-0.05, 0) is 60.2 Å². The Bertz CT molecular complexity index is 747. The maximum Gasteiger partial charge on any atom is 0.387 e. The monoisotopic (exact) mass is 347 g/mol. The van der Waals surface area contributed by atoms with Gasteiger partial charge in [0.15, 0.2) is 0 Å². The van der Waals surface area contributed by atoms with E-state index < -0.39 is 12.6 Å². The highest BCUT2D eigenvalue weighted by Crippen LogP contribution is 2.32. The molecule has 0 saturated carbocycles. The minimum absolute atomic E-state index is 0.142. The van der Waals surface area contributed by atoms with Crippen molar-refractivity contribution in [2.24, 2.45) is 0 Å². The third kappa shape index (κ3) is 4.33. The smallest absolute Gasteiger partial charge is 0.387 e. The molecule has 3 rings (SSSR count). The maximum absolute atomic E-state index is 12.3. The second-order valence-corrected chi connectivity index (χ2v) is 6.07. The average molecular weight is 347 g/mol. The summed E-state index contributed by atoms with van der Waals surface area (Å²) < 4.78 is 29.2. The molecule has 4 nitrogen and oxygen atoms in total. The first-order valence-corrected chi connectivity index (χ1v) is 8.16. The zero-order valence-electron chi connectivity index (χ0n) is 13.5. The number of carbonyl (C=O) groups is 1. The summed E-state index contributed by atoms with van der Waals surface area (Å²) in [6.45, 7) is -2.21. The van der Waals surface area contributed by atoms with Crippen LogP contribution in [0.25, 0.3) is 0 Å². The summed E-state index contributed by atoms with van der Waals surface area (Å²) in [7, 11) is 0. The molecule has 6 heteroatoms. The number of hydrogen-bond acceptors (Lipinski definition) is 3. The number of halogens is 2. The van der Waals surface area contributed by atoms with Gasteiger partial charge in [-0.2, -0.15) is 8.78 Å². The molecule has 2 aromatic carbocycles. The SMILES string of the molecule is O=C(O)c1ccc(CNC2CCCc3cc(OC(F)F)ccc32)cc1. The van der Waals surface area contributed by atoms with E-state index in [4.69, 9.17) is 5.11 Å². The first kappa shape index (κ1) is 17.4. The lowest BCUT2D eigenvalue weighted by Gasteiger charge is -2.27. The second-order valence-electron chi connectivity index (χ2n) is 6.07. The van der Waals surface area contributed by atoms with E-state index in [1.165, 1.54) is 0 Å². The summed E-state index contributed by atoms with van der Waals surface area (Å²) in [6, 6.07) is 12.0. The van der Waals surface area contributed by atoms with E-state index in [1.54, 1.807) is 36.4 Å².